The van der Waals surface area contributed by atoms with Gasteiger partial charge >= 0.3 is 12.2 Å². The summed E-state index contributed by atoms with van der Waals surface area (Å²) in [6.07, 6.45) is -2.65. The highest BCUT2D eigenvalue weighted by Gasteiger charge is 2.39. The molecule has 25 heavy (non-hydrogen) atoms. The standard InChI is InChI=1S/C14H9ClF3N5O2/c15-8-1-3-9(4-2-8)23-12(14(16,17)18)10(7-19-23)20-13(24)21-11-5-6-25-22-11/h1-7H,(H2,20,21,22,24). The Balaban J connectivity index is 1.92. The fourth-order valence-corrected chi connectivity index (χ4v) is 2.16. The lowest BCUT2D eigenvalue weighted by Gasteiger charge is -2.13. The molecule has 0 radical (unpaired) electrons. The van der Waals surface area contributed by atoms with E-state index in [2.05, 4.69) is 25.4 Å². The lowest BCUT2D eigenvalue weighted by molar-refractivity contribution is -0.142. The fourth-order valence-electron chi connectivity index (χ4n) is 2.04. The van der Waals surface area contributed by atoms with Crippen LogP contribution in [0.3, 0.4) is 0 Å². The zero-order chi connectivity index (χ0) is 18.0. The van der Waals surface area contributed by atoms with E-state index in [1.807, 2.05) is 0 Å². The molecule has 0 spiro atoms. The molecule has 0 bridgehead atoms. The number of carbonyl (C=O) groups excluding carboxylic acids is 1. The maximum atomic E-state index is 13.4. The van der Waals surface area contributed by atoms with Gasteiger partial charge in [0.05, 0.1) is 17.6 Å². The molecular weight excluding hydrogens is 363 g/mol. The Kier molecular flexibility index (Phi) is 4.36. The average Bonchev–Trinajstić information content (AvgIpc) is 3.17. The van der Waals surface area contributed by atoms with Crippen LogP contribution < -0.4 is 10.6 Å². The SMILES string of the molecule is O=C(Nc1ccon1)Nc1cnn(-c2ccc(Cl)cc2)c1C(F)(F)F. The second-order valence-electron chi connectivity index (χ2n) is 4.76. The third-order valence-corrected chi connectivity index (χ3v) is 3.29. The summed E-state index contributed by atoms with van der Waals surface area (Å²) in [6, 6.07) is 6.04. The number of nitrogens with zero attached hydrogens (tertiary/aromatic N) is 3. The van der Waals surface area contributed by atoms with Gasteiger partial charge < -0.3 is 9.84 Å². The molecule has 0 aliphatic carbocycles. The molecule has 7 nitrogen and oxygen atoms in total. The van der Waals surface area contributed by atoms with E-state index in [1.165, 1.54) is 36.6 Å². The fraction of sp³-hybridized carbons (Fsp3) is 0.0714. The Hall–Kier alpha value is -3.01. The minimum atomic E-state index is -4.76. The van der Waals surface area contributed by atoms with Gasteiger partial charge in [0.1, 0.15) is 6.26 Å². The van der Waals surface area contributed by atoms with Crippen molar-refractivity contribution in [2.45, 2.75) is 6.18 Å². The van der Waals surface area contributed by atoms with Gasteiger partial charge in [-0.2, -0.15) is 18.3 Å². The van der Waals surface area contributed by atoms with Gasteiger partial charge in [-0.25, -0.2) is 9.48 Å². The Morgan fingerprint density at radius 1 is 1.16 bits per heavy atom. The van der Waals surface area contributed by atoms with Crippen molar-refractivity contribution in [3.8, 4) is 5.69 Å². The monoisotopic (exact) mass is 371 g/mol. The third kappa shape index (κ3) is 3.74. The molecule has 130 valence electrons. The summed E-state index contributed by atoms with van der Waals surface area (Å²) in [7, 11) is 0. The number of hydrogen-bond acceptors (Lipinski definition) is 4. The average molecular weight is 372 g/mol. The van der Waals surface area contributed by atoms with E-state index < -0.39 is 23.6 Å². The van der Waals surface area contributed by atoms with E-state index in [0.29, 0.717) is 9.70 Å². The van der Waals surface area contributed by atoms with Gasteiger partial charge in [0.15, 0.2) is 11.5 Å². The Bertz CT molecular complexity index is 875. The van der Waals surface area contributed by atoms with Crippen LogP contribution in [0.5, 0.6) is 0 Å². The minimum Gasteiger partial charge on any atom is -0.363 e. The number of rotatable bonds is 3. The first kappa shape index (κ1) is 16.8. The van der Waals surface area contributed by atoms with Gasteiger partial charge in [-0.05, 0) is 24.3 Å². The second kappa shape index (κ2) is 6.48. The van der Waals surface area contributed by atoms with E-state index >= 15 is 0 Å². The molecule has 0 saturated carbocycles. The molecule has 0 aliphatic rings. The van der Waals surface area contributed by atoms with Gasteiger partial charge in [-0.1, -0.05) is 16.8 Å². The van der Waals surface area contributed by atoms with Gasteiger partial charge in [0.25, 0.3) is 0 Å². The van der Waals surface area contributed by atoms with E-state index in [0.717, 1.165) is 6.20 Å². The highest BCUT2D eigenvalue weighted by molar-refractivity contribution is 6.30. The third-order valence-electron chi connectivity index (χ3n) is 3.04. The molecule has 3 rings (SSSR count). The number of benzene rings is 1. The largest absolute Gasteiger partial charge is 0.435 e. The molecule has 2 aromatic heterocycles. The van der Waals surface area contributed by atoms with Crippen LogP contribution >= 0.6 is 11.6 Å². The van der Waals surface area contributed by atoms with Crippen LogP contribution in [-0.2, 0) is 6.18 Å². The zero-order valence-corrected chi connectivity index (χ0v) is 13.0. The molecular formula is C14H9ClF3N5O2. The first-order valence-corrected chi connectivity index (χ1v) is 7.12. The lowest BCUT2D eigenvalue weighted by Crippen LogP contribution is -2.22. The van der Waals surface area contributed by atoms with Crippen LogP contribution in [0.15, 0.2) is 47.3 Å². The first-order chi connectivity index (χ1) is 11.8. The summed E-state index contributed by atoms with van der Waals surface area (Å²) in [5.74, 6) is 0.0520. The van der Waals surface area contributed by atoms with E-state index in [1.54, 1.807) is 0 Å². The number of carbonyl (C=O) groups is 1. The van der Waals surface area contributed by atoms with E-state index in [9.17, 15) is 18.0 Å². The number of nitrogens with one attached hydrogen (secondary N) is 2. The second-order valence-corrected chi connectivity index (χ2v) is 5.19. The van der Waals surface area contributed by atoms with E-state index in [-0.39, 0.29) is 11.5 Å². The highest BCUT2D eigenvalue weighted by Crippen LogP contribution is 2.36. The Morgan fingerprint density at radius 2 is 1.88 bits per heavy atom. The van der Waals surface area contributed by atoms with Gasteiger partial charge in [-0.15, -0.1) is 0 Å². The van der Waals surface area contributed by atoms with Crippen LogP contribution in [0.2, 0.25) is 5.02 Å². The summed E-state index contributed by atoms with van der Waals surface area (Å²) in [5.41, 5.74) is -1.50. The van der Waals surface area contributed by atoms with Crippen molar-refractivity contribution in [1.29, 1.82) is 0 Å². The number of hydrogen-bond donors (Lipinski definition) is 2. The molecule has 0 unspecified atom stereocenters. The van der Waals surface area contributed by atoms with Crippen LogP contribution in [0.1, 0.15) is 5.69 Å². The summed E-state index contributed by atoms with van der Waals surface area (Å²) in [6.45, 7) is 0. The summed E-state index contributed by atoms with van der Waals surface area (Å²) in [5, 5.41) is 11.8. The number of halogens is 4. The molecule has 0 saturated heterocycles. The smallest absolute Gasteiger partial charge is 0.363 e. The maximum absolute atomic E-state index is 13.4. The number of aromatic nitrogens is 3. The number of urea groups is 1. The predicted octanol–water partition coefficient (Wildman–Crippen LogP) is 4.18. The molecule has 0 fully saturated rings. The molecule has 0 atom stereocenters. The topological polar surface area (TPSA) is 85.0 Å². The zero-order valence-electron chi connectivity index (χ0n) is 12.2. The molecule has 3 aromatic rings. The van der Waals surface area contributed by atoms with E-state index in [4.69, 9.17) is 11.6 Å². The molecule has 11 heteroatoms. The molecule has 2 heterocycles. The van der Waals surface area contributed by atoms with Crippen molar-refractivity contribution >= 4 is 29.1 Å². The van der Waals surface area contributed by atoms with Crippen LogP contribution in [-0.4, -0.2) is 21.0 Å². The number of amides is 2. The minimum absolute atomic E-state index is 0.0520. The molecule has 2 N–H and O–H groups in total. The molecule has 0 aliphatic heterocycles. The molecule has 2 amide bonds. The lowest BCUT2D eigenvalue weighted by atomic mass is 10.3. The number of anilines is 2. The Morgan fingerprint density at radius 3 is 2.48 bits per heavy atom. The summed E-state index contributed by atoms with van der Waals surface area (Å²) in [4.78, 5) is 11.8. The highest BCUT2D eigenvalue weighted by atomic mass is 35.5. The van der Waals surface area contributed by atoms with Crippen molar-refractivity contribution in [3.05, 3.63) is 53.5 Å². The Labute approximate surface area is 143 Å². The predicted molar refractivity (Wildman–Crippen MR) is 82.7 cm³/mol. The van der Waals surface area contributed by atoms with Crippen LogP contribution in [0, 0.1) is 0 Å². The van der Waals surface area contributed by atoms with Gasteiger partial charge in [0.2, 0.25) is 0 Å². The summed E-state index contributed by atoms with van der Waals surface area (Å²) >= 11 is 5.74. The quantitative estimate of drug-likeness (QED) is 0.723. The van der Waals surface area contributed by atoms with Crippen molar-refractivity contribution in [2.24, 2.45) is 0 Å². The molecule has 1 aromatic carbocycles. The van der Waals surface area contributed by atoms with Crippen molar-refractivity contribution in [2.75, 3.05) is 10.6 Å². The van der Waals surface area contributed by atoms with Crippen molar-refractivity contribution < 1.29 is 22.5 Å². The number of alkyl halides is 3. The van der Waals surface area contributed by atoms with Crippen molar-refractivity contribution in [3.63, 3.8) is 0 Å². The van der Waals surface area contributed by atoms with Gasteiger partial charge in [-0.3, -0.25) is 5.32 Å². The van der Waals surface area contributed by atoms with Crippen LogP contribution in [0.25, 0.3) is 5.69 Å². The maximum Gasteiger partial charge on any atom is 0.435 e. The van der Waals surface area contributed by atoms with Crippen molar-refractivity contribution in [1.82, 2.24) is 14.9 Å². The van der Waals surface area contributed by atoms with Crippen LogP contribution in [0.4, 0.5) is 29.5 Å². The van der Waals surface area contributed by atoms with Gasteiger partial charge in [0, 0.05) is 11.1 Å². The first-order valence-electron chi connectivity index (χ1n) is 6.74. The normalized spacial score (nSPS) is 11.4. The summed E-state index contributed by atoms with van der Waals surface area (Å²) < 4.78 is 45.5.